The number of carbonyl (C=O) groups is 2. The molecule has 0 saturated carbocycles. The summed E-state index contributed by atoms with van der Waals surface area (Å²) in [4.78, 5) is 26.5. The maximum absolute atomic E-state index is 13.5. The van der Waals surface area contributed by atoms with Crippen LogP contribution in [-0.2, 0) is 16.0 Å². The third kappa shape index (κ3) is 7.12. The molecular formula is C24H22BrIN2O3S2. The van der Waals surface area contributed by atoms with Gasteiger partial charge in [-0.1, -0.05) is 15.9 Å². The van der Waals surface area contributed by atoms with E-state index in [4.69, 9.17) is 10.00 Å². The number of esters is 1. The lowest BCUT2D eigenvalue weighted by Gasteiger charge is -2.06. The Kier molecular flexibility index (Phi) is 11.0. The van der Waals surface area contributed by atoms with E-state index in [1.54, 1.807) is 19.1 Å². The molecule has 0 spiro atoms. The van der Waals surface area contributed by atoms with Crippen molar-refractivity contribution in [3.63, 3.8) is 0 Å². The number of halogens is 2. The van der Waals surface area contributed by atoms with E-state index < -0.39 is 0 Å². The fraction of sp³-hybridized carbons (Fsp3) is 0.250. The number of hydrogen-bond acceptors (Lipinski definition) is 6. The largest absolute Gasteiger partial charge is 1.00 e. The number of nitriles is 1. The quantitative estimate of drug-likeness (QED) is 0.0884. The van der Waals surface area contributed by atoms with Crippen LogP contribution in [-0.4, -0.2) is 24.1 Å². The molecule has 0 atom stereocenters. The maximum Gasteiger partial charge on any atom is 0.310 e. The fourth-order valence-electron chi connectivity index (χ4n) is 3.07. The van der Waals surface area contributed by atoms with Gasteiger partial charge in [0.05, 0.1) is 29.5 Å². The molecule has 3 aromatic rings. The second kappa shape index (κ2) is 13.2. The van der Waals surface area contributed by atoms with Gasteiger partial charge in [-0.05, 0) is 43.7 Å². The zero-order chi connectivity index (χ0) is 23.1. The monoisotopic (exact) mass is 656 g/mol. The highest BCUT2D eigenvalue weighted by Crippen LogP contribution is 2.38. The maximum atomic E-state index is 13.5. The minimum Gasteiger partial charge on any atom is -1.00 e. The summed E-state index contributed by atoms with van der Waals surface area (Å²) in [5, 5.41) is 8.97. The van der Waals surface area contributed by atoms with Crippen molar-refractivity contribution in [1.29, 1.82) is 5.26 Å². The molecule has 0 fully saturated rings. The SMILES string of the molecule is CCOC(=O)Cc1c(C(=O)c2ccc(Br)cc2)sc(SCCC#N)c1-[n+]1ccc(C)cc1.[I-]. The van der Waals surface area contributed by atoms with E-state index in [0.29, 0.717) is 28.2 Å². The standard InChI is InChI=1S/C24H22BrN2O3S2.HI/c1-3-30-20(28)15-19-21(27-12-9-16(2)10-13-27)24(31-14-4-11-26)32-23(19)22(29)17-5-7-18(25)8-6-17;/h5-10,12-13H,3-4,14-15H2,1-2H3;1H/q+1;/p-1. The van der Waals surface area contributed by atoms with Gasteiger partial charge in [0.1, 0.15) is 4.21 Å². The highest BCUT2D eigenvalue weighted by atomic mass is 127. The lowest BCUT2D eigenvalue weighted by Crippen LogP contribution is -3.00. The second-order valence-electron chi connectivity index (χ2n) is 6.90. The summed E-state index contributed by atoms with van der Waals surface area (Å²) in [5.41, 5.74) is 3.10. The molecule has 3 rings (SSSR count). The van der Waals surface area contributed by atoms with Crippen LogP contribution in [0.15, 0.2) is 57.5 Å². The first-order chi connectivity index (χ1) is 15.4. The highest BCUT2D eigenvalue weighted by Gasteiger charge is 2.31. The molecule has 0 aliphatic heterocycles. The lowest BCUT2D eigenvalue weighted by molar-refractivity contribution is -0.598. The fourth-order valence-corrected chi connectivity index (χ4v) is 5.83. The Morgan fingerprint density at radius 3 is 2.45 bits per heavy atom. The molecule has 5 nitrogen and oxygen atoms in total. The minimum absolute atomic E-state index is 0. The van der Waals surface area contributed by atoms with E-state index in [0.717, 1.165) is 19.9 Å². The number of ether oxygens (including phenoxy) is 1. The van der Waals surface area contributed by atoms with Gasteiger partial charge in [0, 0.05) is 34.3 Å². The number of aryl methyl sites for hydroxylation is 1. The summed E-state index contributed by atoms with van der Waals surface area (Å²) >= 11 is 6.29. The van der Waals surface area contributed by atoms with Gasteiger partial charge in [0.15, 0.2) is 12.4 Å². The van der Waals surface area contributed by atoms with Gasteiger partial charge in [-0.25, -0.2) is 0 Å². The third-order valence-electron chi connectivity index (χ3n) is 4.59. The molecular weight excluding hydrogens is 635 g/mol. The lowest BCUT2D eigenvalue weighted by atomic mass is 10.0. The molecule has 33 heavy (non-hydrogen) atoms. The third-order valence-corrected chi connectivity index (χ3v) is 7.60. The average molecular weight is 657 g/mol. The summed E-state index contributed by atoms with van der Waals surface area (Å²) in [6, 6.07) is 13.3. The first-order valence-corrected chi connectivity index (χ1v) is 12.6. The van der Waals surface area contributed by atoms with Crippen LogP contribution in [0, 0.1) is 18.3 Å². The highest BCUT2D eigenvalue weighted by molar-refractivity contribution is 9.10. The minimum atomic E-state index is -0.377. The second-order valence-corrected chi connectivity index (χ2v) is 10.2. The number of thioether (sulfide) groups is 1. The van der Waals surface area contributed by atoms with Crippen molar-refractivity contribution in [3.05, 3.63) is 74.8 Å². The number of aromatic nitrogens is 1. The molecule has 9 heteroatoms. The van der Waals surface area contributed by atoms with Crippen LogP contribution in [0.5, 0.6) is 0 Å². The smallest absolute Gasteiger partial charge is 0.310 e. The number of carbonyl (C=O) groups excluding carboxylic acids is 2. The summed E-state index contributed by atoms with van der Waals surface area (Å²) in [6.07, 6.45) is 4.24. The topological polar surface area (TPSA) is 71.0 Å². The Hall–Kier alpha value is -1.74. The number of thiophene rings is 1. The zero-order valence-corrected chi connectivity index (χ0v) is 23.5. The van der Waals surface area contributed by atoms with Gasteiger partial charge in [0.25, 0.3) is 0 Å². The Balaban J connectivity index is 0.00000385. The van der Waals surface area contributed by atoms with E-state index in [9.17, 15) is 9.59 Å². The first kappa shape index (κ1) is 27.5. The van der Waals surface area contributed by atoms with Crippen LogP contribution in [0.1, 0.15) is 39.7 Å². The van der Waals surface area contributed by atoms with Crippen LogP contribution in [0.25, 0.3) is 5.69 Å². The van der Waals surface area contributed by atoms with Gasteiger partial charge < -0.3 is 28.7 Å². The van der Waals surface area contributed by atoms with Crippen molar-refractivity contribution in [2.24, 2.45) is 0 Å². The molecule has 0 radical (unpaired) electrons. The summed E-state index contributed by atoms with van der Waals surface area (Å²) in [6.45, 7) is 4.04. The normalized spacial score (nSPS) is 10.2. The molecule has 0 N–H and O–H groups in total. The van der Waals surface area contributed by atoms with Crippen LogP contribution >= 0.6 is 39.0 Å². The predicted molar refractivity (Wildman–Crippen MR) is 129 cm³/mol. The van der Waals surface area contributed by atoms with Crippen molar-refractivity contribution in [2.75, 3.05) is 12.4 Å². The molecule has 1 aromatic carbocycles. The summed E-state index contributed by atoms with van der Waals surface area (Å²) in [7, 11) is 0. The van der Waals surface area contributed by atoms with E-state index in [1.165, 1.54) is 23.1 Å². The Morgan fingerprint density at radius 1 is 1.18 bits per heavy atom. The van der Waals surface area contributed by atoms with Gasteiger partial charge in [0.2, 0.25) is 11.5 Å². The molecule has 2 heterocycles. The summed E-state index contributed by atoms with van der Waals surface area (Å²) < 4.78 is 8.93. The van der Waals surface area contributed by atoms with Crippen molar-refractivity contribution >= 4 is 50.8 Å². The van der Waals surface area contributed by atoms with Crippen molar-refractivity contribution in [2.45, 2.75) is 30.9 Å². The molecule has 0 aliphatic rings. The van der Waals surface area contributed by atoms with Crippen LogP contribution in [0.2, 0.25) is 0 Å². The Labute approximate surface area is 227 Å². The van der Waals surface area contributed by atoms with Crippen LogP contribution in [0.4, 0.5) is 0 Å². The van der Waals surface area contributed by atoms with Gasteiger partial charge in [-0.2, -0.15) is 9.83 Å². The van der Waals surface area contributed by atoms with E-state index in [1.807, 2.05) is 48.1 Å². The Morgan fingerprint density at radius 2 is 1.85 bits per heavy atom. The van der Waals surface area contributed by atoms with Gasteiger partial charge in [-0.3, -0.25) is 9.59 Å². The molecule has 0 saturated heterocycles. The molecule has 172 valence electrons. The van der Waals surface area contributed by atoms with Gasteiger partial charge in [-0.15, -0.1) is 23.1 Å². The number of hydrogen-bond donors (Lipinski definition) is 0. The Bertz CT molecular complexity index is 1160. The molecule has 0 bridgehead atoms. The number of benzene rings is 1. The molecule has 0 unspecified atom stereocenters. The number of nitrogens with zero attached hydrogens (tertiary/aromatic N) is 2. The van der Waals surface area contributed by atoms with Crippen molar-refractivity contribution < 1.29 is 42.9 Å². The average Bonchev–Trinajstić information content (AvgIpc) is 3.12. The molecule has 2 aromatic heterocycles. The number of rotatable bonds is 9. The van der Waals surface area contributed by atoms with E-state index >= 15 is 0 Å². The van der Waals surface area contributed by atoms with Crippen molar-refractivity contribution in [1.82, 2.24) is 0 Å². The number of pyridine rings is 1. The molecule has 0 amide bonds. The zero-order valence-electron chi connectivity index (χ0n) is 18.1. The van der Waals surface area contributed by atoms with Crippen LogP contribution < -0.4 is 28.5 Å². The van der Waals surface area contributed by atoms with E-state index in [2.05, 4.69) is 22.0 Å². The predicted octanol–water partition coefficient (Wildman–Crippen LogP) is 2.44. The van der Waals surface area contributed by atoms with Crippen LogP contribution in [0.3, 0.4) is 0 Å². The van der Waals surface area contributed by atoms with E-state index in [-0.39, 0.29) is 48.8 Å². The number of ketones is 1. The first-order valence-electron chi connectivity index (χ1n) is 10.0. The van der Waals surface area contributed by atoms with Gasteiger partial charge >= 0.3 is 5.97 Å². The summed E-state index contributed by atoms with van der Waals surface area (Å²) in [5.74, 6) is 0.0851. The molecule has 0 aliphatic carbocycles. The van der Waals surface area contributed by atoms with Crippen molar-refractivity contribution in [3.8, 4) is 11.8 Å².